The zero-order chi connectivity index (χ0) is 25.2. The summed E-state index contributed by atoms with van der Waals surface area (Å²) in [6, 6.07) is 24.7. The van der Waals surface area contributed by atoms with Gasteiger partial charge < -0.3 is 25.4 Å². The fraction of sp³-hybridized carbons (Fsp3) is 0.148. The maximum absolute atomic E-state index is 12.3. The molecule has 1 aromatic heterocycles. The highest BCUT2D eigenvalue weighted by molar-refractivity contribution is 7.99. The van der Waals surface area contributed by atoms with Crippen LogP contribution in [0.5, 0.6) is 11.5 Å². The molecule has 9 heteroatoms. The Morgan fingerprint density at radius 3 is 2.28 bits per heavy atom. The van der Waals surface area contributed by atoms with Crippen LogP contribution in [0.15, 0.2) is 95.0 Å². The van der Waals surface area contributed by atoms with Gasteiger partial charge in [-0.25, -0.2) is 9.97 Å². The summed E-state index contributed by atoms with van der Waals surface area (Å²) in [5.41, 5.74) is 2.50. The van der Waals surface area contributed by atoms with E-state index in [9.17, 15) is 4.79 Å². The molecule has 0 unspecified atom stereocenters. The van der Waals surface area contributed by atoms with Crippen LogP contribution in [0.2, 0.25) is 0 Å². The number of anilines is 4. The molecule has 4 aromatic rings. The molecule has 36 heavy (non-hydrogen) atoms. The van der Waals surface area contributed by atoms with Crippen molar-refractivity contribution >= 4 is 40.7 Å². The first-order valence-electron chi connectivity index (χ1n) is 11.3. The Hall–Kier alpha value is -4.24. The fourth-order valence-electron chi connectivity index (χ4n) is 3.29. The summed E-state index contributed by atoms with van der Waals surface area (Å²) in [7, 11) is 3.26. The minimum Gasteiger partial charge on any atom is -0.497 e. The molecule has 1 amide bonds. The number of nitrogens with one attached hydrogen (secondary N) is 3. The molecule has 0 aliphatic rings. The Bertz CT molecular complexity index is 1300. The average molecular weight is 502 g/mol. The number of aromatic nitrogens is 2. The summed E-state index contributed by atoms with van der Waals surface area (Å²) < 4.78 is 10.5. The first kappa shape index (κ1) is 24.9. The number of carbonyl (C=O) groups is 1. The highest BCUT2D eigenvalue weighted by Crippen LogP contribution is 2.28. The van der Waals surface area contributed by atoms with Crippen LogP contribution in [0, 0.1) is 0 Å². The van der Waals surface area contributed by atoms with Crippen molar-refractivity contribution in [2.45, 2.75) is 16.3 Å². The van der Waals surface area contributed by atoms with Crippen molar-refractivity contribution in [3.63, 3.8) is 0 Å². The molecular weight excluding hydrogens is 474 g/mol. The Kier molecular flexibility index (Phi) is 8.61. The minimum atomic E-state index is -0.0603. The van der Waals surface area contributed by atoms with Crippen molar-refractivity contribution in [2.24, 2.45) is 0 Å². The van der Waals surface area contributed by atoms with Gasteiger partial charge in [0.1, 0.15) is 16.5 Å². The SMILES string of the molecule is COc1cccc(NCCC(=O)Nc2ccc(Sc3ccnc(Nc4cccc(OC)c4)n3)cc2)c1. The molecule has 0 aliphatic carbocycles. The van der Waals surface area contributed by atoms with E-state index in [1.807, 2.05) is 78.9 Å². The van der Waals surface area contributed by atoms with E-state index < -0.39 is 0 Å². The Morgan fingerprint density at radius 1 is 0.861 bits per heavy atom. The summed E-state index contributed by atoms with van der Waals surface area (Å²) in [6.45, 7) is 0.521. The van der Waals surface area contributed by atoms with E-state index >= 15 is 0 Å². The number of hydrogen-bond acceptors (Lipinski definition) is 8. The van der Waals surface area contributed by atoms with Gasteiger partial charge in [0.25, 0.3) is 0 Å². The van der Waals surface area contributed by atoms with Gasteiger partial charge in [-0.2, -0.15) is 0 Å². The third kappa shape index (κ3) is 7.38. The fourth-order valence-corrected chi connectivity index (χ4v) is 4.07. The number of nitrogens with zero attached hydrogens (tertiary/aromatic N) is 2. The van der Waals surface area contributed by atoms with Crippen LogP contribution < -0.4 is 25.4 Å². The lowest BCUT2D eigenvalue weighted by molar-refractivity contribution is -0.115. The second kappa shape index (κ2) is 12.5. The number of benzene rings is 3. The number of ether oxygens (including phenoxy) is 2. The molecular formula is C27H27N5O3S. The molecule has 3 aromatic carbocycles. The van der Waals surface area contributed by atoms with Gasteiger partial charge in [0, 0.05) is 53.3 Å². The maximum Gasteiger partial charge on any atom is 0.228 e. The van der Waals surface area contributed by atoms with Crippen molar-refractivity contribution in [1.29, 1.82) is 0 Å². The molecule has 0 saturated carbocycles. The number of rotatable bonds is 11. The summed E-state index contributed by atoms with van der Waals surface area (Å²) >= 11 is 1.51. The molecule has 0 saturated heterocycles. The van der Waals surface area contributed by atoms with E-state index in [1.165, 1.54) is 11.8 Å². The zero-order valence-electron chi connectivity index (χ0n) is 20.0. The van der Waals surface area contributed by atoms with Crippen molar-refractivity contribution < 1.29 is 14.3 Å². The van der Waals surface area contributed by atoms with E-state index in [2.05, 4.69) is 25.9 Å². The van der Waals surface area contributed by atoms with Gasteiger partial charge >= 0.3 is 0 Å². The lowest BCUT2D eigenvalue weighted by Crippen LogP contribution is -2.16. The van der Waals surface area contributed by atoms with Gasteiger partial charge in [-0.3, -0.25) is 4.79 Å². The molecule has 0 radical (unpaired) electrons. The summed E-state index contributed by atoms with van der Waals surface area (Å²) in [5.74, 6) is 1.97. The van der Waals surface area contributed by atoms with Crippen molar-refractivity contribution in [3.05, 3.63) is 85.1 Å². The van der Waals surface area contributed by atoms with Crippen LogP contribution in [0.1, 0.15) is 6.42 Å². The molecule has 8 nitrogen and oxygen atoms in total. The van der Waals surface area contributed by atoms with Crippen molar-refractivity contribution in [1.82, 2.24) is 9.97 Å². The van der Waals surface area contributed by atoms with Gasteiger partial charge in [-0.15, -0.1) is 0 Å². The van der Waals surface area contributed by atoms with Crippen LogP contribution in [0.25, 0.3) is 0 Å². The van der Waals surface area contributed by atoms with Crippen LogP contribution in [-0.4, -0.2) is 36.6 Å². The standard InChI is InChI=1S/C27H27N5O3S/c1-34-22-7-3-5-20(17-22)28-15-13-25(33)30-19-9-11-24(12-10-19)36-26-14-16-29-27(32-26)31-21-6-4-8-23(18-21)35-2/h3-12,14,16-18,28H,13,15H2,1-2H3,(H,30,33)(H,29,31,32). The maximum atomic E-state index is 12.3. The zero-order valence-corrected chi connectivity index (χ0v) is 20.8. The average Bonchev–Trinajstić information content (AvgIpc) is 2.90. The lowest BCUT2D eigenvalue weighted by Gasteiger charge is -2.09. The van der Waals surface area contributed by atoms with Crippen LogP contribution >= 0.6 is 11.8 Å². The molecule has 1 heterocycles. The third-order valence-corrected chi connectivity index (χ3v) is 6.01. The topological polar surface area (TPSA) is 97.4 Å². The Labute approximate surface area is 214 Å². The predicted molar refractivity (Wildman–Crippen MR) is 144 cm³/mol. The van der Waals surface area contributed by atoms with Crippen molar-refractivity contribution in [2.75, 3.05) is 36.7 Å². The Morgan fingerprint density at radius 2 is 1.56 bits per heavy atom. The second-order valence-corrected chi connectivity index (χ2v) is 8.75. The molecule has 0 bridgehead atoms. The van der Waals surface area contributed by atoms with Gasteiger partial charge in [0.2, 0.25) is 11.9 Å². The van der Waals surface area contributed by atoms with Gasteiger partial charge in [0.15, 0.2) is 0 Å². The van der Waals surface area contributed by atoms with Gasteiger partial charge in [-0.05, 0) is 54.6 Å². The van der Waals surface area contributed by atoms with E-state index in [4.69, 9.17) is 9.47 Å². The van der Waals surface area contributed by atoms with Crippen LogP contribution in [0.4, 0.5) is 23.0 Å². The number of methoxy groups -OCH3 is 2. The molecule has 0 fully saturated rings. The van der Waals surface area contributed by atoms with Crippen LogP contribution in [0.3, 0.4) is 0 Å². The molecule has 0 aliphatic heterocycles. The van der Waals surface area contributed by atoms with Gasteiger partial charge in [-0.1, -0.05) is 23.9 Å². The first-order chi connectivity index (χ1) is 17.6. The molecule has 4 rings (SSSR count). The molecule has 184 valence electrons. The smallest absolute Gasteiger partial charge is 0.228 e. The lowest BCUT2D eigenvalue weighted by atomic mass is 10.3. The van der Waals surface area contributed by atoms with Crippen molar-refractivity contribution in [3.8, 4) is 11.5 Å². The van der Waals surface area contributed by atoms with E-state index in [0.29, 0.717) is 18.9 Å². The second-order valence-electron chi connectivity index (χ2n) is 7.66. The summed E-state index contributed by atoms with van der Waals surface area (Å²) in [4.78, 5) is 22.2. The monoisotopic (exact) mass is 501 g/mol. The number of amides is 1. The quantitative estimate of drug-likeness (QED) is 0.221. The highest BCUT2D eigenvalue weighted by atomic mass is 32.2. The number of carbonyl (C=O) groups excluding carboxylic acids is 1. The molecule has 0 atom stereocenters. The molecule has 3 N–H and O–H groups in total. The molecule has 0 spiro atoms. The predicted octanol–water partition coefficient (Wildman–Crippen LogP) is 5.83. The Balaban J connectivity index is 1.27. The first-order valence-corrected chi connectivity index (χ1v) is 12.1. The highest BCUT2D eigenvalue weighted by Gasteiger charge is 2.06. The third-order valence-electron chi connectivity index (χ3n) is 5.07. The minimum absolute atomic E-state index is 0.0603. The summed E-state index contributed by atoms with van der Waals surface area (Å²) in [5, 5.41) is 10.2. The summed E-state index contributed by atoms with van der Waals surface area (Å²) in [6.07, 6.45) is 2.06. The van der Waals surface area contributed by atoms with E-state index in [0.717, 1.165) is 38.5 Å². The van der Waals surface area contributed by atoms with E-state index in [1.54, 1.807) is 20.4 Å². The number of hydrogen-bond donors (Lipinski definition) is 3. The van der Waals surface area contributed by atoms with E-state index in [-0.39, 0.29) is 5.91 Å². The van der Waals surface area contributed by atoms with Gasteiger partial charge in [0.05, 0.1) is 14.2 Å². The largest absolute Gasteiger partial charge is 0.497 e. The normalized spacial score (nSPS) is 10.4. The van der Waals surface area contributed by atoms with Crippen LogP contribution in [-0.2, 0) is 4.79 Å².